The topological polar surface area (TPSA) is 133 Å². The third-order valence-electron chi connectivity index (χ3n) is 3.80. The Balaban J connectivity index is 1.75. The number of nitrogens with one attached hydrogen (secondary N) is 2. The highest BCUT2D eigenvalue weighted by Crippen LogP contribution is 2.19. The van der Waals surface area contributed by atoms with E-state index in [9.17, 15) is 19.6 Å². The first-order valence-corrected chi connectivity index (χ1v) is 7.46. The van der Waals surface area contributed by atoms with Crippen LogP contribution in [0.25, 0.3) is 28.3 Å². The maximum absolute atomic E-state index is 12.6. The zero-order valence-corrected chi connectivity index (χ0v) is 13.0. The van der Waals surface area contributed by atoms with Crippen molar-refractivity contribution < 1.29 is 13.6 Å². The number of oxazole rings is 2. The number of hydrogen-bond acceptors (Lipinski definition) is 6. The largest absolute Gasteiger partial charge is 0.417 e. The molecule has 0 saturated heterocycles. The standard InChI is InChI=1S/C18H9N3O5/c19-8-11(5-9-1-3-12-14(6-9)25-17(23)20-12)16(22)10-2-4-13-15(7-10)26-18(24)21-13/h1-7H,(H,20,23)(H,21,24)/b11-5+. The van der Waals surface area contributed by atoms with Crippen molar-refractivity contribution in [2.75, 3.05) is 0 Å². The predicted molar refractivity (Wildman–Crippen MR) is 91.6 cm³/mol. The molecule has 26 heavy (non-hydrogen) atoms. The molecule has 2 aromatic carbocycles. The number of hydrogen-bond donors (Lipinski definition) is 2. The first-order chi connectivity index (χ1) is 12.5. The van der Waals surface area contributed by atoms with Gasteiger partial charge in [0.05, 0.1) is 11.0 Å². The molecule has 0 aliphatic heterocycles. The number of benzene rings is 2. The first-order valence-electron chi connectivity index (χ1n) is 7.46. The molecule has 0 spiro atoms. The summed E-state index contributed by atoms with van der Waals surface area (Å²) in [6.45, 7) is 0. The third kappa shape index (κ3) is 2.63. The lowest BCUT2D eigenvalue weighted by Crippen LogP contribution is -2.01. The molecular weight excluding hydrogens is 338 g/mol. The fourth-order valence-electron chi connectivity index (χ4n) is 2.61. The molecule has 0 saturated carbocycles. The van der Waals surface area contributed by atoms with E-state index in [1.165, 1.54) is 24.3 Å². The van der Waals surface area contributed by atoms with Crippen molar-refractivity contribution in [3.63, 3.8) is 0 Å². The summed E-state index contributed by atoms with van der Waals surface area (Å²) in [7, 11) is 0. The van der Waals surface area contributed by atoms with E-state index in [2.05, 4.69) is 9.97 Å². The lowest BCUT2D eigenvalue weighted by Gasteiger charge is -2.00. The lowest BCUT2D eigenvalue weighted by atomic mass is 10.0. The van der Waals surface area contributed by atoms with Crippen molar-refractivity contribution >= 4 is 34.1 Å². The van der Waals surface area contributed by atoms with Crippen LogP contribution < -0.4 is 11.5 Å². The predicted octanol–water partition coefficient (Wildman–Crippen LogP) is 2.35. The number of aromatic nitrogens is 2. The minimum atomic E-state index is -0.623. The zero-order chi connectivity index (χ0) is 18.3. The van der Waals surface area contributed by atoms with Gasteiger partial charge in [-0.3, -0.25) is 14.8 Å². The highest BCUT2D eigenvalue weighted by atomic mass is 16.4. The summed E-state index contributed by atoms with van der Waals surface area (Å²) in [4.78, 5) is 40.0. The Hall–Kier alpha value is -4.12. The van der Waals surface area contributed by atoms with Crippen LogP contribution in [0.3, 0.4) is 0 Å². The highest BCUT2D eigenvalue weighted by Gasteiger charge is 2.14. The van der Waals surface area contributed by atoms with E-state index in [0.29, 0.717) is 22.2 Å². The van der Waals surface area contributed by atoms with Gasteiger partial charge in [0.15, 0.2) is 11.2 Å². The molecule has 8 heteroatoms. The molecule has 2 N–H and O–H groups in total. The Bertz CT molecular complexity index is 1360. The van der Waals surface area contributed by atoms with E-state index >= 15 is 0 Å². The van der Waals surface area contributed by atoms with Gasteiger partial charge < -0.3 is 8.83 Å². The second-order valence-electron chi connectivity index (χ2n) is 5.49. The van der Waals surface area contributed by atoms with Gasteiger partial charge in [0.1, 0.15) is 11.6 Å². The van der Waals surface area contributed by atoms with E-state index in [0.717, 1.165) is 0 Å². The number of H-pyrrole nitrogens is 2. The molecule has 126 valence electrons. The fraction of sp³-hybridized carbons (Fsp3) is 0. The van der Waals surface area contributed by atoms with Crippen molar-refractivity contribution in [3.8, 4) is 6.07 Å². The van der Waals surface area contributed by atoms with Crippen LogP contribution in [0, 0.1) is 11.3 Å². The minimum absolute atomic E-state index is 0.112. The van der Waals surface area contributed by atoms with Crippen LogP contribution in [0.5, 0.6) is 0 Å². The minimum Gasteiger partial charge on any atom is -0.408 e. The normalized spacial score (nSPS) is 11.7. The molecule has 0 amide bonds. The fourth-order valence-corrected chi connectivity index (χ4v) is 2.61. The second kappa shape index (κ2) is 5.75. The van der Waals surface area contributed by atoms with Crippen LogP contribution in [0.4, 0.5) is 0 Å². The van der Waals surface area contributed by atoms with Gasteiger partial charge in [-0.25, -0.2) is 9.59 Å². The van der Waals surface area contributed by atoms with Gasteiger partial charge in [0, 0.05) is 5.56 Å². The maximum Gasteiger partial charge on any atom is 0.417 e. The number of aromatic amines is 2. The quantitative estimate of drug-likeness (QED) is 0.332. The summed E-state index contributed by atoms with van der Waals surface area (Å²) in [5, 5.41) is 9.36. The van der Waals surface area contributed by atoms with Crippen molar-refractivity contribution in [3.05, 3.63) is 74.2 Å². The average molecular weight is 347 g/mol. The van der Waals surface area contributed by atoms with Gasteiger partial charge in [0.25, 0.3) is 0 Å². The summed E-state index contributed by atoms with van der Waals surface area (Å²) >= 11 is 0. The van der Waals surface area contributed by atoms with Crippen molar-refractivity contribution in [1.82, 2.24) is 9.97 Å². The molecule has 2 aromatic heterocycles. The van der Waals surface area contributed by atoms with Gasteiger partial charge in [0.2, 0.25) is 5.78 Å². The molecule has 0 fully saturated rings. The molecule has 0 aliphatic rings. The number of carbonyl (C=O) groups excluding carboxylic acids is 1. The van der Waals surface area contributed by atoms with Crippen LogP contribution in [0.1, 0.15) is 15.9 Å². The smallest absolute Gasteiger partial charge is 0.408 e. The van der Waals surface area contributed by atoms with Crippen molar-refractivity contribution in [2.24, 2.45) is 0 Å². The van der Waals surface area contributed by atoms with E-state index in [4.69, 9.17) is 8.83 Å². The molecule has 8 nitrogen and oxygen atoms in total. The Morgan fingerprint density at radius 2 is 1.58 bits per heavy atom. The number of rotatable bonds is 3. The molecule has 4 aromatic rings. The van der Waals surface area contributed by atoms with Crippen LogP contribution in [0.15, 0.2) is 60.4 Å². The highest BCUT2D eigenvalue weighted by molar-refractivity contribution is 6.15. The van der Waals surface area contributed by atoms with Crippen molar-refractivity contribution in [2.45, 2.75) is 0 Å². The van der Waals surface area contributed by atoms with E-state index in [1.54, 1.807) is 18.2 Å². The van der Waals surface area contributed by atoms with E-state index in [1.807, 2.05) is 6.07 Å². The SMILES string of the molecule is N#C/C(=C\c1ccc2[nH]c(=O)oc2c1)C(=O)c1ccc2[nH]c(=O)oc2c1. The van der Waals surface area contributed by atoms with Gasteiger partial charge in [-0.2, -0.15) is 5.26 Å². The summed E-state index contributed by atoms with van der Waals surface area (Å²) in [5.41, 5.74) is 2.16. The Morgan fingerprint density at radius 1 is 0.962 bits per heavy atom. The number of fused-ring (bicyclic) bond motifs is 2. The van der Waals surface area contributed by atoms with Gasteiger partial charge in [-0.15, -0.1) is 0 Å². The summed E-state index contributed by atoms with van der Waals surface area (Å²) in [6.07, 6.45) is 1.40. The van der Waals surface area contributed by atoms with Crippen LogP contribution in [-0.2, 0) is 0 Å². The molecule has 0 aliphatic carbocycles. The first kappa shape index (κ1) is 15.4. The van der Waals surface area contributed by atoms with Crippen LogP contribution in [-0.4, -0.2) is 15.8 Å². The Morgan fingerprint density at radius 3 is 2.23 bits per heavy atom. The molecular formula is C18H9N3O5. The molecule has 2 heterocycles. The average Bonchev–Trinajstić information content (AvgIpc) is 3.18. The number of nitrogens with zero attached hydrogens (tertiary/aromatic N) is 1. The monoisotopic (exact) mass is 347 g/mol. The summed E-state index contributed by atoms with van der Waals surface area (Å²) in [5.74, 6) is -1.73. The Labute approximate surface area is 144 Å². The molecule has 0 bridgehead atoms. The summed E-state index contributed by atoms with van der Waals surface area (Å²) < 4.78 is 9.90. The molecule has 4 rings (SSSR count). The van der Waals surface area contributed by atoms with Crippen LogP contribution in [0.2, 0.25) is 0 Å². The van der Waals surface area contributed by atoms with Crippen molar-refractivity contribution in [1.29, 1.82) is 5.26 Å². The van der Waals surface area contributed by atoms with Crippen LogP contribution >= 0.6 is 0 Å². The number of nitriles is 1. The van der Waals surface area contributed by atoms with Gasteiger partial charge >= 0.3 is 11.5 Å². The molecule has 0 radical (unpaired) electrons. The number of Topliss-reactive ketones (excluding diaryl/α,β-unsaturated/α-hetero) is 1. The maximum atomic E-state index is 12.6. The number of allylic oxidation sites excluding steroid dienone is 1. The van der Waals surface area contributed by atoms with E-state index < -0.39 is 17.3 Å². The molecule has 0 unspecified atom stereocenters. The second-order valence-corrected chi connectivity index (χ2v) is 5.49. The lowest BCUT2D eigenvalue weighted by molar-refractivity contribution is 0.104. The van der Waals surface area contributed by atoms with Gasteiger partial charge in [-0.1, -0.05) is 6.07 Å². The van der Waals surface area contributed by atoms with E-state index in [-0.39, 0.29) is 16.7 Å². The molecule has 0 atom stereocenters. The number of ketones is 1. The van der Waals surface area contributed by atoms with Gasteiger partial charge in [-0.05, 0) is 42.0 Å². The summed E-state index contributed by atoms with van der Waals surface area (Å²) in [6, 6.07) is 11.1. The Kier molecular flexibility index (Phi) is 3.41. The number of carbonyl (C=O) groups is 1. The third-order valence-corrected chi connectivity index (χ3v) is 3.80. The zero-order valence-electron chi connectivity index (χ0n) is 13.0.